The van der Waals surface area contributed by atoms with Crippen LogP contribution in [0.5, 0.6) is 11.5 Å². The number of nitrogens with zero attached hydrogens (tertiary/aromatic N) is 1. The van der Waals surface area contributed by atoms with E-state index in [0.717, 1.165) is 16.7 Å². The SMILES string of the molecule is COc1ccc(/C=C2\SC(=O)N(c3ccc(NC(C)=O)cc3)C2=O)cc1OC. The third kappa shape index (κ3) is 4.01. The van der Waals surface area contributed by atoms with Crippen molar-refractivity contribution >= 4 is 46.3 Å². The van der Waals surface area contributed by atoms with Crippen LogP contribution in [0, 0.1) is 0 Å². The van der Waals surface area contributed by atoms with Gasteiger partial charge in [0.1, 0.15) is 0 Å². The second kappa shape index (κ2) is 8.18. The zero-order valence-electron chi connectivity index (χ0n) is 15.5. The molecule has 3 rings (SSSR count). The van der Waals surface area contributed by atoms with E-state index in [1.165, 1.54) is 14.0 Å². The Labute approximate surface area is 166 Å². The minimum absolute atomic E-state index is 0.197. The van der Waals surface area contributed by atoms with Crippen molar-refractivity contribution in [2.45, 2.75) is 6.92 Å². The molecule has 7 nitrogen and oxygen atoms in total. The first-order valence-electron chi connectivity index (χ1n) is 8.30. The molecule has 1 heterocycles. The van der Waals surface area contributed by atoms with Crippen LogP contribution in [0.2, 0.25) is 0 Å². The number of imide groups is 1. The first kappa shape index (κ1) is 19.5. The average Bonchev–Trinajstić information content (AvgIpc) is 2.95. The van der Waals surface area contributed by atoms with Crippen molar-refractivity contribution in [3.8, 4) is 11.5 Å². The third-order valence-corrected chi connectivity index (χ3v) is 4.81. The molecule has 8 heteroatoms. The van der Waals surface area contributed by atoms with Gasteiger partial charge in [0, 0.05) is 12.6 Å². The summed E-state index contributed by atoms with van der Waals surface area (Å²) >= 11 is 0.866. The summed E-state index contributed by atoms with van der Waals surface area (Å²) in [5.41, 5.74) is 1.74. The monoisotopic (exact) mass is 398 g/mol. The van der Waals surface area contributed by atoms with Gasteiger partial charge in [-0.05, 0) is 59.8 Å². The normalized spacial score (nSPS) is 15.1. The fourth-order valence-corrected chi connectivity index (χ4v) is 3.52. The Kier molecular flexibility index (Phi) is 5.70. The molecule has 3 amide bonds. The molecule has 0 aromatic heterocycles. The second-order valence-electron chi connectivity index (χ2n) is 5.86. The maximum absolute atomic E-state index is 12.8. The van der Waals surface area contributed by atoms with E-state index in [4.69, 9.17) is 9.47 Å². The van der Waals surface area contributed by atoms with Gasteiger partial charge in [-0.15, -0.1) is 0 Å². The maximum Gasteiger partial charge on any atom is 0.298 e. The van der Waals surface area contributed by atoms with Crippen LogP contribution in [-0.2, 0) is 9.59 Å². The molecule has 2 aromatic carbocycles. The van der Waals surface area contributed by atoms with Crippen LogP contribution in [0.3, 0.4) is 0 Å². The fraction of sp³-hybridized carbons (Fsp3) is 0.150. The van der Waals surface area contributed by atoms with Gasteiger partial charge < -0.3 is 14.8 Å². The maximum atomic E-state index is 12.8. The van der Waals surface area contributed by atoms with Crippen LogP contribution in [0.15, 0.2) is 47.4 Å². The van der Waals surface area contributed by atoms with Gasteiger partial charge in [-0.1, -0.05) is 6.07 Å². The minimum Gasteiger partial charge on any atom is -0.493 e. The summed E-state index contributed by atoms with van der Waals surface area (Å²) in [7, 11) is 3.07. The van der Waals surface area contributed by atoms with E-state index in [2.05, 4.69) is 5.32 Å². The summed E-state index contributed by atoms with van der Waals surface area (Å²) in [6.45, 7) is 1.41. The molecule has 0 atom stereocenters. The molecule has 0 spiro atoms. The minimum atomic E-state index is -0.405. The first-order valence-corrected chi connectivity index (χ1v) is 9.12. The Morgan fingerprint density at radius 1 is 1.04 bits per heavy atom. The lowest BCUT2D eigenvalue weighted by Gasteiger charge is -2.13. The van der Waals surface area contributed by atoms with Crippen LogP contribution in [0.25, 0.3) is 6.08 Å². The van der Waals surface area contributed by atoms with E-state index in [0.29, 0.717) is 33.3 Å². The molecule has 1 N–H and O–H groups in total. The van der Waals surface area contributed by atoms with E-state index >= 15 is 0 Å². The summed E-state index contributed by atoms with van der Waals surface area (Å²) in [6, 6.07) is 11.7. The summed E-state index contributed by atoms with van der Waals surface area (Å²) in [5, 5.41) is 2.26. The van der Waals surface area contributed by atoms with Crippen molar-refractivity contribution in [1.82, 2.24) is 0 Å². The molecule has 1 fully saturated rings. The number of nitrogens with one attached hydrogen (secondary N) is 1. The van der Waals surface area contributed by atoms with Gasteiger partial charge in [0.05, 0.1) is 24.8 Å². The Balaban J connectivity index is 1.85. The molecule has 1 saturated heterocycles. The van der Waals surface area contributed by atoms with Crippen LogP contribution in [0.1, 0.15) is 12.5 Å². The van der Waals surface area contributed by atoms with E-state index < -0.39 is 5.91 Å². The highest BCUT2D eigenvalue weighted by Crippen LogP contribution is 2.37. The van der Waals surface area contributed by atoms with Gasteiger partial charge in [-0.3, -0.25) is 14.4 Å². The van der Waals surface area contributed by atoms with E-state index in [9.17, 15) is 14.4 Å². The average molecular weight is 398 g/mol. The highest BCUT2D eigenvalue weighted by atomic mass is 32.2. The summed E-state index contributed by atoms with van der Waals surface area (Å²) < 4.78 is 10.5. The van der Waals surface area contributed by atoms with E-state index in [-0.39, 0.29) is 11.1 Å². The van der Waals surface area contributed by atoms with Gasteiger partial charge in [0.2, 0.25) is 5.91 Å². The molecular formula is C20H18N2O5S. The number of rotatable bonds is 5. The molecule has 1 aliphatic heterocycles. The van der Waals surface area contributed by atoms with Crippen LogP contribution >= 0.6 is 11.8 Å². The third-order valence-electron chi connectivity index (χ3n) is 3.94. The van der Waals surface area contributed by atoms with Gasteiger partial charge in [0.15, 0.2) is 11.5 Å². The Hall–Kier alpha value is -3.26. The lowest BCUT2D eigenvalue weighted by atomic mass is 10.2. The van der Waals surface area contributed by atoms with Crippen molar-refractivity contribution in [3.05, 3.63) is 52.9 Å². The smallest absolute Gasteiger partial charge is 0.298 e. The van der Waals surface area contributed by atoms with Gasteiger partial charge in [-0.2, -0.15) is 0 Å². The number of anilines is 2. The molecule has 0 radical (unpaired) electrons. The molecular weight excluding hydrogens is 380 g/mol. The number of carbonyl (C=O) groups excluding carboxylic acids is 3. The lowest BCUT2D eigenvalue weighted by Crippen LogP contribution is -2.27. The van der Waals surface area contributed by atoms with Gasteiger partial charge >= 0.3 is 0 Å². The molecule has 2 aromatic rings. The Morgan fingerprint density at radius 3 is 2.32 bits per heavy atom. The van der Waals surface area contributed by atoms with Crippen LogP contribution < -0.4 is 19.7 Å². The molecule has 144 valence electrons. The molecule has 28 heavy (non-hydrogen) atoms. The Bertz CT molecular complexity index is 969. The van der Waals surface area contributed by atoms with Crippen molar-refractivity contribution in [3.63, 3.8) is 0 Å². The number of methoxy groups -OCH3 is 2. The largest absolute Gasteiger partial charge is 0.493 e. The highest BCUT2D eigenvalue weighted by Gasteiger charge is 2.36. The number of thioether (sulfide) groups is 1. The van der Waals surface area contributed by atoms with E-state index in [1.54, 1.807) is 55.7 Å². The number of hydrogen-bond acceptors (Lipinski definition) is 6. The second-order valence-corrected chi connectivity index (χ2v) is 6.85. The predicted octanol–water partition coefficient (Wildman–Crippen LogP) is 3.90. The number of hydrogen-bond donors (Lipinski definition) is 1. The lowest BCUT2D eigenvalue weighted by molar-refractivity contribution is -0.114. The standard InChI is InChI=1S/C20H18N2O5S/c1-12(23)21-14-5-7-15(8-6-14)22-19(24)18(28-20(22)25)11-13-4-9-16(26-2)17(10-13)27-3/h4-11H,1-3H3,(H,21,23)/b18-11-. The molecule has 0 unspecified atom stereocenters. The number of ether oxygens (including phenoxy) is 2. The van der Waals surface area contributed by atoms with Crippen molar-refractivity contribution in [2.24, 2.45) is 0 Å². The van der Waals surface area contributed by atoms with Crippen molar-refractivity contribution in [1.29, 1.82) is 0 Å². The van der Waals surface area contributed by atoms with Gasteiger partial charge in [0.25, 0.3) is 11.1 Å². The summed E-state index contributed by atoms with van der Waals surface area (Å²) in [6.07, 6.45) is 1.64. The first-order chi connectivity index (χ1) is 13.4. The quantitative estimate of drug-likeness (QED) is 0.769. The Morgan fingerprint density at radius 2 is 1.71 bits per heavy atom. The topological polar surface area (TPSA) is 84.9 Å². The fourth-order valence-electron chi connectivity index (χ4n) is 2.68. The van der Waals surface area contributed by atoms with Crippen LogP contribution in [0.4, 0.5) is 16.2 Å². The van der Waals surface area contributed by atoms with Crippen molar-refractivity contribution < 1.29 is 23.9 Å². The number of amides is 3. The summed E-state index contributed by atoms with van der Waals surface area (Å²) in [4.78, 5) is 37.7. The van der Waals surface area contributed by atoms with Gasteiger partial charge in [-0.25, -0.2) is 4.90 Å². The van der Waals surface area contributed by atoms with Crippen molar-refractivity contribution in [2.75, 3.05) is 24.4 Å². The number of benzene rings is 2. The summed E-state index contributed by atoms with van der Waals surface area (Å²) in [5.74, 6) is 0.505. The zero-order valence-corrected chi connectivity index (χ0v) is 16.3. The molecule has 0 bridgehead atoms. The molecule has 0 aliphatic carbocycles. The predicted molar refractivity (Wildman–Crippen MR) is 109 cm³/mol. The molecule has 1 aliphatic rings. The molecule has 0 saturated carbocycles. The van der Waals surface area contributed by atoms with Crippen LogP contribution in [-0.4, -0.2) is 31.3 Å². The number of carbonyl (C=O) groups is 3. The zero-order chi connectivity index (χ0) is 20.3. The van der Waals surface area contributed by atoms with E-state index in [1.807, 2.05) is 0 Å². The highest BCUT2D eigenvalue weighted by molar-refractivity contribution is 8.19.